The van der Waals surface area contributed by atoms with E-state index >= 15 is 0 Å². The molecule has 1 aromatic carbocycles. The maximum atomic E-state index is 8.78. The van der Waals surface area contributed by atoms with Crippen LogP contribution in [0.15, 0.2) is 42.7 Å². The summed E-state index contributed by atoms with van der Waals surface area (Å²) < 4.78 is 16.2. The lowest BCUT2D eigenvalue weighted by atomic mass is 10.2. The van der Waals surface area contributed by atoms with Gasteiger partial charge in [-0.25, -0.2) is 9.97 Å². The largest absolute Gasteiger partial charge is 0.475 e. The predicted molar refractivity (Wildman–Crippen MR) is 103 cm³/mol. The van der Waals surface area contributed by atoms with Crippen LogP contribution in [-0.4, -0.2) is 40.1 Å². The van der Waals surface area contributed by atoms with Gasteiger partial charge in [0, 0.05) is 17.8 Å². The molecule has 3 heterocycles. The highest BCUT2D eigenvalue weighted by atomic mass is 16.7. The number of aromatic nitrogens is 3. The number of hydrogen-bond acceptors (Lipinski definition) is 9. The molecule has 4 rings (SSSR count). The van der Waals surface area contributed by atoms with Gasteiger partial charge in [0.25, 0.3) is 0 Å². The molecule has 1 aliphatic heterocycles. The number of rotatable bonds is 7. The van der Waals surface area contributed by atoms with Crippen LogP contribution >= 0.6 is 0 Å². The third-order valence-corrected chi connectivity index (χ3v) is 3.96. The van der Waals surface area contributed by atoms with E-state index in [1.807, 2.05) is 25.1 Å². The molecule has 0 atom stereocenters. The summed E-state index contributed by atoms with van der Waals surface area (Å²) in [5.41, 5.74) is 2.37. The van der Waals surface area contributed by atoms with Gasteiger partial charge in [0.15, 0.2) is 11.5 Å². The smallest absolute Gasteiger partial charge is 0.231 e. The topological polar surface area (TPSA) is 111 Å². The quantitative estimate of drug-likeness (QED) is 0.569. The maximum Gasteiger partial charge on any atom is 0.231 e. The minimum absolute atomic E-state index is 0.0591. The zero-order chi connectivity index (χ0) is 19.3. The van der Waals surface area contributed by atoms with Crippen molar-refractivity contribution in [2.75, 3.05) is 30.6 Å². The zero-order valence-corrected chi connectivity index (χ0v) is 15.2. The normalized spacial score (nSPS) is 11.9. The van der Waals surface area contributed by atoms with E-state index in [1.165, 1.54) is 0 Å². The van der Waals surface area contributed by atoms with E-state index in [1.54, 1.807) is 24.5 Å². The fraction of sp³-hybridized carbons (Fsp3) is 0.211. The van der Waals surface area contributed by atoms with Crippen molar-refractivity contribution in [1.82, 2.24) is 15.0 Å². The fourth-order valence-electron chi connectivity index (χ4n) is 2.60. The van der Waals surface area contributed by atoms with Crippen LogP contribution in [0.4, 0.5) is 23.1 Å². The summed E-state index contributed by atoms with van der Waals surface area (Å²) in [6.45, 7) is 2.26. The van der Waals surface area contributed by atoms with E-state index in [0.717, 1.165) is 11.3 Å². The number of para-hydroxylation sites is 1. The molecule has 9 heteroatoms. The van der Waals surface area contributed by atoms with E-state index in [-0.39, 0.29) is 20.0 Å². The molecule has 144 valence electrons. The lowest BCUT2D eigenvalue weighted by molar-refractivity contribution is 0.174. The van der Waals surface area contributed by atoms with E-state index in [9.17, 15) is 0 Å². The van der Waals surface area contributed by atoms with Crippen LogP contribution < -0.4 is 24.8 Å². The van der Waals surface area contributed by atoms with Crippen LogP contribution in [0.25, 0.3) is 0 Å². The molecule has 3 N–H and O–H groups in total. The van der Waals surface area contributed by atoms with Crippen molar-refractivity contribution >= 4 is 23.1 Å². The number of anilines is 4. The minimum atomic E-state index is -0.0591. The molecule has 0 fully saturated rings. The summed E-state index contributed by atoms with van der Waals surface area (Å²) in [6.07, 6.45) is 3.34. The van der Waals surface area contributed by atoms with Crippen LogP contribution in [0.3, 0.4) is 0 Å². The summed E-state index contributed by atoms with van der Waals surface area (Å²) in [5.74, 6) is 2.87. The van der Waals surface area contributed by atoms with Crippen molar-refractivity contribution in [1.29, 1.82) is 0 Å². The van der Waals surface area contributed by atoms with Gasteiger partial charge in [-0.05, 0) is 25.1 Å². The number of aliphatic hydroxyl groups excluding tert-OH is 1. The minimum Gasteiger partial charge on any atom is -0.475 e. The summed E-state index contributed by atoms with van der Waals surface area (Å²) >= 11 is 0. The first-order valence-corrected chi connectivity index (χ1v) is 8.69. The molecule has 0 saturated carbocycles. The summed E-state index contributed by atoms with van der Waals surface area (Å²) in [5, 5.41) is 15.2. The lowest BCUT2D eigenvalue weighted by Gasteiger charge is -2.12. The van der Waals surface area contributed by atoms with Crippen LogP contribution in [-0.2, 0) is 0 Å². The van der Waals surface area contributed by atoms with E-state index < -0.39 is 0 Å². The Morgan fingerprint density at radius 2 is 2.04 bits per heavy atom. The number of nitrogens with one attached hydrogen (secondary N) is 2. The monoisotopic (exact) mass is 381 g/mol. The maximum absolute atomic E-state index is 8.78. The fourth-order valence-corrected chi connectivity index (χ4v) is 2.60. The molecule has 0 saturated heterocycles. The number of aliphatic hydroxyl groups is 1. The van der Waals surface area contributed by atoms with E-state index in [4.69, 9.17) is 19.3 Å². The molecule has 9 nitrogen and oxygen atoms in total. The van der Waals surface area contributed by atoms with Gasteiger partial charge in [-0.2, -0.15) is 4.98 Å². The summed E-state index contributed by atoms with van der Waals surface area (Å²) in [4.78, 5) is 13.0. The van der Waals surface area contributed by atoms with Crippen LogP contribution in [0.1, 0.15) is 5.56 Å². The highest BCUT2D eigenvalue weighted by Gasteiger charge is 2.18. The van der Waals surface area contributed by atoms with Gasteiger partial charge in [0.1, 0.15) is 12.4 Å². The van der Waals surface area contributed by atoms with E-state index in [0.29, 0.717) is 34.8 Å². The van der Waals surface area contributed by atoms with Crippen LogP contribution in [0.5, 0.6) is 17.4 Å². The average molecular weight is 381 g/mol. The molecule has 0 bridgehead atoms. The van der Waals surface area contributed by atoms with Gasteiger partial charge in [0.05, 0.1) is 24.2 Å². The van der Waals surface area contributed by atoms with E-state index in [2.05, 4.69) is 25.6 Å². The lowest BCUT2D eigenvalue weighted by Crippen LogP contribution is -2.05. The molecular formula is C19H19N5O4. The SMILES string of the molecule is Cc1cnc(Nc2ccc(OCCO)nc2)nc1Nc1cccc2c1OCO2. The first kappa shape index (κ1) is 17.8. The Bertz CT molecular complexity index is 965. The van der Waals surface area contributed by atoms with Crippen molar-refractivity contribution in [3.8, 4) is 17.4 Å². The third-order valence-electron chi connectivity index (χ3n) is 3.96. The van der Waals surface area contributed by atoms with Gasteiger partial charge in [-0.1, -0.05) is 6.07 Å². The Hall–Kier alpha value is -3.59. The Labute approximate surface area is 161 Å². The Balaban J connectivity index is 1.50. The Morgan fingerprint density at radius 3 is 2.86 bits per heavy atom. The van der Waals surface area contributed by atoms with Crippen molar-refractivity contribution < 1.29 is 19.3 Å². The zero-order valence-electron chi connectivity index (χ0n) is 15.2. The van der Waals surface area contributed by atoms with Crippen LogP contribution in [0.2, 0.25) is 0 Å². The van der Waals surface area contributed by atoms with Gasteiger partial charge in [-0.15, -0.1) is 0 Å². The van der Waals surface area contributed by atoms with Gasteiger partial charge < -0.3 is 30.0 Å². The number of ether oxygens (including phenoxy) is 3. The van der Waals surface area contributed by atoms with Crippen LogP contribution in [0, 0.1) is 6.92 Å². The van der Waals surface area contributed by atoms with Gasteiger partial charge >= 0.3 is 0 Å². The number of benzene rings is 1. The number of hydrogen-bond donors (Lipinski definition) is 3. The highest BCUT2D eigenvalue weighted by Crippen LogP contribution is 2.40. The number of fused-ring (bicyclic) bond motifs is 1. The van der Waals surface area contributed by atoms with Crippen molar-refractivity contribution in [3.63, 3.8) is 0 Å². The molecule has 0 unspecified atom stereocenters. The molecular weight excluding hydrogens is 362 g/mol. The molecule has 0 aliphatic carbocycles. The molecule has 28 heavy (non-hydrogen) atoms. The number of nitrogens with zero attached hydrogens (tertiary/aromatic N) is 3. The molecule has 0 radical (unpaired) electrons. The first-order valence-electron chi connectivity index (χ1n) is 8.69. The molecule has 3 aromatic rings. The van der Waals surface area contributed by atoms with Crippen molar-refractivity contribution in [2.45, 2.75) is 6.92 Å². The Kier molecular flexibility index (Phi) is 5.07. The number of pyridine rings is 1. The average Bonchev–Trinajstić information content (AvgIpc) is 3.20. The number of aryl methyl sites for hydroxylation is 1. The highest BCUT2D eigenvalue weighted by molar-refractivity contribution is 5.71. The summed E-state index contributed by atoms with van der Waals surface area (Å²) in [7, 11) is 0. The first-order chi connectivity index (χ1) is 13.7. The third kappa shape index (κ3) is 3.89. The van der Waals surface area contributed by atoms with Crippen molar-refractivity contribution in [2.24, 2.45) is 0 Å². The Morgan fingerprint density at radius 1 is 1.11 bits per heavy atom. The summed E-state index contributed by atoms with van der Waals surface area (Å²) in [6, 6.07) is 9.14. The second kappa shape index (κ2) is 7.97. The second-order valence-electron chi connectivity index (χ2n) is 5.97. The van der Waals surface area contributed by atoms with Crippen molar-refractivity contribution in [3.05, 3.63) is 48.3 Å². The second-order valence-corrected chi connectivity index (χ2v) is 5.97. The van der Waals surface area contributed by atoms with Gasteiger partial charge in [-0.3, -0.25) is 0 Å². The molecule has 0 spiro atoms. The van der Waals surface area contributed by atoms with Gasteiger partial charge in [0.2, 0.25) is 18.6 Å². The predicted octanol–water partition coefficient (Wildman–Crippen LogP) is 2.77. The molecule has 2 aromatic heterocycles. The molecule has 0 amide bonds. The molecule has 1 aliphatic rings. The standard InChI is InChI=1S/C19H19N5O4/c1-12-9-21-19(22-13-5-6-16(20-10-13)26-8-7-25)24-18(12)23-14-3-2-4-15-17(14)28-11-27-15/h2-6,9-10,25H,7-8,11H2,1H3,(H2,21,22,23,24).